The van der Waals surface area contributed by atoms with Crippen LogP contribution in [-0.2, 0) is 0 Å². The zero-order valence-electron chi connectivity index (χ0n) is 14.1. The third kappa shape index (κ3) is 4.41. The van der Waals surface area contributed by atoms with Gasteiger partial charge in [-0.3, -0.25) is 4.79 Å². The van der Waals surface area contributed by atoms with E-state index in [4.69, 9.17) is 0 Å². The maximum absolute atomic E-state index is 13.3. The van der Waals surface area contributed by atoms with Gasteiger partial charge >= 0.3 is 0 Å². The van der Waals surface area contributed by atoms with Crippen LogP contribution >= 0.6 is 0 Å². The summed E-state index contributed by atoms with van der Waals surface area (Å²) in [4.78, 5) is 12.4. The summed E-state index contributed by atoms with van der Waals surface area (Å²) in [5.41, 5.74) is 2.68. The number of benzene rings is 2. The largest absolute Gasteiger partial charge is 0.345 e. The van der Waals surface area contributed by atoms with Gasteiger partial charge in [-0.15, -0.1) is 0 Å². The first-order valence-corrected chi connectivity index (χ1v) is 8.04. The molecule has 2 nitrogen and oxygen atoms in total. The van der Waals surface area contributed by atoms with Crippen molar-refractivity contribution in [2.24, 2.45) is 5.92 Å². The lowest BCUT2D eigenvalue weighted by molar-refractivity contribution is 0.0925. The van der Waals surface area contributed by atoms with Gasteiger partial charge in [0.2, 0.25) is 0 Å². The van der Waals surface area contributed by atoms with Crippen molar-refractivity contribution in [1.29, 1.82) is 0 Å². The summed E-state index contributed by atoms with van der Waals surface area (Å²) in [6.45, 7) is 8.43. The normalized spacial score (nSPS) is 12.5. The fourth-order valence-corrected chi connectivity index (χ4v) is 2.58. The standard InChI is InChI=1S/C20H24FNO/c1-13(2)15-8-10-16(11-9-15)19(14(3)4)22-20(23)17-6-5-7-18(21)12-17/h5-14,19H,1-4H3,(H,22,23)/t19-/m1/s1. The molecule has 1 atom stereocenters. The quantitative estimate of drug-likeness (QED) is 0.819. The Morgan fingerprint density at radius 1 is 0.957 bits per heavy atom. The van der Waals surface area contributed by atoms with Crippen molar-refractivity contribution >= 4 is 5.91 Å². The molecule has 0 aromatic heterocycles. The molecule has 0 aliphatic heterocycles. The van der Waals surface area contributed by atoms with Crippen molar-refractivity contribution in [3.8, 4) is 0 Å². The molecule has 0 saturated heterocycles. The van der Waals surface area contributed by atoms with Crippen LogP contribution in [0, 0.1) is 11.7 Å². The average molecular weight is 313 g/mol. The van der Waals surface area contributed by atoms with Crippen molar-refractivity contribution in [1.82, 2.24) is 5.32 Å². The lowest BCUT2D eigenvalue weighted by atomic mass is 9.93. The van der Waals surface area contributed by atoms with E-state index in [1.807, 2.05) is 0 Å². The van der Waals surface area contributed by atoms with Crippen molar-refractivity contribution in [3.05, 3.63) is 71.0 Å². The number of hydrogen-bond donors (Lipinski definition) is 1. The van der Waals surface area contributed by atoms with Gasteiger partial charge in [0.25, 0.3) is 5.91 Å². The van der Waals surface area contributed by atoms with E-state index in [1.165, 1.54) is 17.7 Å². The van der Waals surface area contributed by atoms with Gasteiger partial charge in [0.15, 0.2) is 0 Å². The Bertz CT molecular complexity index is 662. The van der Waals surface area contributed by atoms with Gasteiger partial charge in [-0.05, 0) is 41.2 Å². The van der Waals surface area contributed by atoms with Gasteiger partial charge < -0.3 is 5.32 Å². The molecule has 0 aliphatic carbocycles. The molecule has 2 rings (SSSR count). The van der Waals surface area contributed by atoms with Gasteiger partial charge in [-0.25, -0.2) is 4.39 Å². The molecule has 2 aromatic carbocycles. The van der Waals surface area contributed by atoms with Crippen LogP contribution in [0.15, 0.2) is 48.5 Å². The van der Waals surface area contributed by atoms with Crippen molar-refractivity contribution in [3.63, 3.8) is 0 Å². The summed E-state index contributed by atoms with van der Waals surface area (Å²) in [7, 11) is 0. The number of carbonyl (C=O) groups is 1. The van der Waals surface area contributed by atoms with E-state index in [1.54, 1.807) is 12.1 Å². The van der Waals surface area contributed by atoms with E-state index in [2.05, 4.69) is 57.3 Å². The molecule has 0 heterocycles. The van der Waals surface area contributed by atoms with Crippen LogP contribution in [0.3, 0.4) is 0 Å². The molecule has 0 unspecified atom stereocenters. The van der Waals surface area contributed by atoms with E-state index >= 15 is 0 Å². The van der Waals surface area contributed by atoms with Gasteiger partial charge in [-0.2, -0.15) is 0 Å². The highest BCUT2D eigenvalue weighted by atomic mass is 19.1. The molecular formula is C20H24FNO. The maximum atomic E-state index is 13.3. The topological polar surface area (TPSA) is 29.1 Å². The molecule has 1 N–H and O–H groups in total. The summed E-state index contributed by atoms with van der Waals surface area (Å²) in [5.74, 6) is 0.0528. The SMILES string of the molecule is CC(C)c1ccc([C@H](NC(=O)c2cccc(F)c2)C(C)C)cc1. The number of carbonyl (C=O) groups excluding carboxylic acids is 1. The smallest absolute Gasteiger partial charge is 0.251 e. The lowest BCUT2D eigenvalue weighted by Crippen LogP contribution is -2.31. The minimum atomic E-state index is -0.403. The Morgan fingerprint density at radius 2 is 1.57 bits per heavy atom. The van der Waals surface area contributed by atoms with Crippen molar-refractivity contribution < 1.29 is 9.18 Å². The molecule has 0 fully saturated rings. The molecule has 2 aromatic rings. The van der Waals surface area contributed by atoms with E-state index in [9.17, 15) is 9.18 Å². The first-order chi connectivity index (χ1) is 10.9. The zero-order chi connectivity index (χ0) is 17.0. The summed E-state index contributed by atoms with van der Waals surface area (Å²) in [5, 5.41) is 3.02. The highest BCUT2D eigenvalue weighted by Gasteiger charge is 2.19. The molecule has 23 heavy (non-hydrogen) atoms. The third-order valence-corrected chi connectivity index (χ3v) is 4.00. The van der Waals surface area contributed by atoms with Gasteiger partial charge in [0.1, 0.15) is 5.82 Å². The number of amides is 1. The molecule has 0 spiro atoms. The first kappa shape index (κ1) is 17.2. The van der Waals surface area contributed by atoms with Crippen LogP contribution in [0.25, 0.3) is 0 Å². The summed E-state index contributed by atoms with van der Waals surface area (Å²) in [6, 6.07) is 14.0. The predicted octanol–water partition coefficient (Wildman–Crippen LogP) is 5.08. The molecule has 3 heteroatoms. The molecular weight excluding hydrogens is 289 g/mol. The number of halogens is 1. The van der Waals surface area contributed by atoms with Crippen molar-refractivity contribution in [2.45, 2.75) is 39.7 Å². The second-order valence-electron chi connectivity index (χ2n) is 6.53. The molecule has 0 radical (unpaired) electrons. The molecule has 0 bridgehead atoms. The Labute approximate surface area is 137 Å². The van der Waals surface area contributed by atoms with Crippen LogP contribution < -0.4 is 5.32 Å². The van der Waals surface area contributed by atoms with E-state index < -0.39 is 5.82 Å². The van der Waals surface area contributed by atoms with Gasteiger partial charge in [0.05, 0.1) is 6.04 Å². The van der Waals surface area contributed by atoms with E-state index in [0.717, 1.165) is 5.56 Å². The Balaban J connectivity index is 2.20. The minimum Gasteiger partial charge on any atom is -0.345 e. The average Bonchev–Trinajstić information content (AvgIpc) is 2.52. The highest BCUT2D eigenvalue weighted by molar-refractivity contribution is 5.94. The minimum absolute atomic E-state index is 0.105. The zero-order valence-corrected chi connectivity index (χ0v) is 14.1. The fraction of sp³-hybridized carbons (Fsp3) is 0.350. The molecule has 0 saturated carbocycles. The van der Waals surface area contributed by atoms with Gasteiger partial charge in [-0.1, -0.05) is 58.0 Å². The summed E-state index contributed by atoms with van der Waals surface area (Å²) >= 11 is 0. The third-order valence-electron chi connectivity index (χ3n) is 4.00. The highest BCUT2D eigenvalue weighted by Crippen LogP contribution is 2.24. The van der Waals surface area contributed by atoms with Crippen molar-refractivity contribution in [2.75, 3.05) is 0 Å². The second kappa shape index (κ2) is 7.40. The van der Waals surface area contributed by atoms with Crippen LogP contribution in [0.2, 0.25) is 0 Å². The predicted molar refractivity (Wildman–Crippen MR) is 92.0 cm³/mol. The molecule has 0 aliphatic rings. The number of rotatable bonds is 5. The second-order valence-corrected chi connectivity index (χ2v) is 6.53. The summed E-state index contributed by atoms with van der Waals surface area (Å²) < 4.78 is 13.3. The first-order valence-electron chi connectivity index (χ1n) is 8.04. The van der Waals surface area contributed by atoms with Gasteiger partial charge in [0, 0.05) is 5.56 Å². The van der Waals surface area contributed by atoms with E-state index in [-0.39, 0.29) is 17.9 Å². The fourth-order valence-electron chi connectivity index (χ4n) is 2.58. The number of hydrogen-bond acceptors (Lipinski definition) is 1. The Kier molecular flexibility index (Phi) is 5.54. The van der Waals surface area contributed by atoms with Crippen LogP contribution in [0.4, 0.5) is 4.39 Å². The van der Waals surface area contributed by atoms with Crippen LogP contribution in [0.1, 0.15) is 61.1 Å². The maximum Gasteiger partial charge on any atom is 0.251 e. The Morgan fingerprint density at radius 3 is 2.09 bits per heavy atom. The van der Waals surface area contributed by atoms with Crippen LogP contribution in [-0.4, -0.2) is 5.91 Å². The molecule has 1 amide bonds. The molecule has 122 valence electrons. The Hall–Kier alpha value is -2.16. The monoisotopic (exact) mass is 313 g/mol. The van der Waals surface area contributed by atoms with Crippen LogP contribution in [0.5, 0.6) is 0 Å². The summed E-state index contributed by atoms with van der Waals surface area (Å²) in [6.07, 6.45) is 0. The van der Waals surface area contributed by atoms with E-state index in [0.29, 0.717) is 11.5 Å². The number of nitrogens with one attached hydrogen (secondary N) is 1. The lowest BCUT2D eigenvalue weighted by Gasteiger charge is -2.23.